The van der Waals surface area contributed by atoms with Crippen molar-refractivity contribution in [2.24, 2.45) is 5.41 Å². The molecule has 1 fully saturated rings. The Morgan fingerprint density at radius 3 is 1.81 bits per heavy atom. The molecule has 196 valence electrons. The summed E-state index contributed by atoms with van der Waals surface area (Å²) in [4.78, 5) is 0. The molecule has 0 nitrogen and oxygen atoms in total. The van der Waals surface area contributed by atoms with Gasteiger partial charge in [0.05, 0.1) is 0 Å². The van der Waals surface area contributed by atoms with E-state index in [2.05, 4.69) is 117 Å². The zero-order valence-electron chi connectivity index (χ0n) is 25.0. The average molecular weight is 572 g/mol. The third kappa shape index (κ3) is 8.58. The minimum absolute atomic E-state index is 0.177. The van der Waals surface area contributed by atoms with Crippen molar-refractivity contribution in [1.82, 2.24) is 0 Å². The standard InChI is InChI=1S/C21H25.C9H13.C6H10.Zr/c1-20(2,3)16-9-7-14-11-15-8-10-17(21(4,5)6)13-19(15)18(14)12-16;1-9(2,3)8-6-4-5-7-8;1-2-4-6-5-3-1;/h7,9-10,12-13H,11H2,1-6H3;6-7H,4H2,1-3H3;1-5H2;/q2*-1;;+2. The van der Waals surface area contributed by atoms with Crippen LogP contribution >= 0.6 is 0 Å². The van der Waals surface area contributed by atoms with Gasteiger partial charge < -0.3 is 0 Å². The fourth-order valence-electron chi connectivity index (χ4n) is 4.88. The maximum absolute atomic E-state index is 3.53. The van der Waals surface area contributed by atoms with Gasteiger partial charge >= 0.3 is 59.5 Å². The molecule has 37 heavy (non-hydrogen) atoms. The van der Waals surface area contributed by atoms with Crippen LogP contribution in [-0.4, -0.2) is 3.21 Å². The summed E-state index contributed by atoms with van der Waals surface area (Å²) in [5.41, 5.74) is 10.5. The van der Waals surface area contributed by atoms with Gasteiger partial charge in [-0.1, -0.05) is 102 Å². The van der Waals surface area contributed by atoms with Crippen molar-refractivity contribution >= 4 is 3.21 Å². The molecule has 0 radical (unpaired) electrons. The van der Waals surface area contributed by atoms with Gasteiger partial charge in [-0.15, -0.1) is 12.0 Å². The van der Waals surface area contributed by atoms with Crippen LogP contribution in [-0.2, 0) is 41.5 Å². The van der Waals surface area contributed by atoms with Crippen molar-refractivity contribution in [2.45, 2.75) is 118 Å². The van der Waals surface area contributed by atoms with Crippen molar-refractivity contribution in [3.05, 3.63) is 82.5 Å². The number of allylic oxidation sites excluding steroid dienone is 4. The summed E-state index contributed by atoms with van der Waals surface area (Å²) in [5.74, 6) is 0. The third-order valence-corrected chi connectivity index (χ3v) is 8.78. The first-order valence-electron chi connectivity index (χ1n) is 14.2. The molecule has 3 aliphatic carbocycles. The van der Waals surface area contributed by atoms with Crippen molar-refractivity contribution < 1.29 is 24.2 Å². The van der Waals surface area contributed by atoms with Gasteiger partial charge in [0.15, 0.2) is 0 Å². The Balaban J connectivity index is 0.000000194. The Kier molecular flexibility index (Phi) is 10.00. The van der Waals surface area contributed by atoms with Crippen molar-refractivity contribution in [2.75, 3.05) is 0 Å². The van der Waals surface area contributed by atoms with Crippen LogP contribution in [0.25, 0.3) is 11.1 Å². The molecular formula is C36H48Zr. The number of rotatable bonds is 0. The van der Waals surface area contributed by atoms with Gasteiger partial charge in [0, 0.05) is 0 Å². The van der Waals surface area contributed by atoms with E-state index in [0.717, 1.165) is 12.8 Å². The summed E-state index contributed by atoms with van der Waals surface area (Å²) in [6.07, 6.45) is 16.8. The molecule has 0 spiro atoms. The van der Waals surface area contributed by atoms with E-state index >= 15 is 0 Å². The van der Waals surface area contributed by atoms with E-state index in [4.69, 9.17) is 0 Å². The van der Waals surface area contributed by atoms with Gasteiger partial charge in [0.1, 0.15) is 0 Å². The first kappa shape index (κ1) is 30.2. The molecule has 2 aromatic rings. The number of hydrogen-bond donors (Lipinski definition) is 0. The zero-order valence-corrected chi connectivity index (χ0v) is 27.4. The summed E-state index contributed by atoms with van der Waals surface area (Å²) in [5, 5.41) is 0. The Labute approximate surface area is 243 Å². The molecule has 0 atom stereocenters. The summed E-state index contributed by atoms with van der Waals surface area (Å²) in [6.45, 7) is 20.3. The molecular weight excluding hydrogens is 524 g/mol. The Bertz CT molecular complexity index is 1080. The molecule has 0 saturated heterocycles. The molecule has 0 aliphatic heterocycles. The predicted molar refractivity (Wildman–Crippen MR) is 159 cm³/mol. The topological polar surface area (TPSA) is 0 Å². The van der Waals surface area contributed by atoms with Crippen molar-refractivity contribution in [3.8, 4) is 11.1 Å². The first-order chi connectivity index (χ1) is 17.2. The summed E-state index contributed by atoms with van der Waals surface area (Å²) < 4.78 is 1.80. The van der Waals surface area contributed by atoms with Gasteiger partial charge in [-0.2, -0.15) is 41.0 Å². The van der Waals surface area contributed by atoms with Gasteiger partial charge in [-0.25, -0.2) is 6.08 Å². The first-order valence-corrected chi connectivity index (χ1v) is 15.4. The average Bonchev–Trinajstić information content (AvgIpc) is 3.47. The van der Waals surface area contributed by atoms with Gasteiger partial charge in [0.2, 0.25) is 0 Å². The fraction of sp³-hybridized carbons (Fsp3) is 0.528. The molecule has 0 amide bonds. The van der Waals surface area contributed by atoms with Crippen molar-refractivity contribution in [1.29, 1.82) is 0 Å². The minimum atomic E-state index is 0.177. The van der Waals surface area contributed by atoms with Crippen LogP contribution in [0.3, 0.4) is 0 Å². The molecule has 0 heterocycles. The van der Waals surface area contributed by atoms with Crippen LogP contribution < -0.4 is 0 Å². The Morgan fingerprint density at radius 2 is 1.35 bits per heavy atom. The number of benzene rings is 2. The van der Waals surface area contributed by atoms with Gasteiger partial charge in [-0.05, 0) is 17.4 Å². The summed E-state index contributed by atoms with van der Waals surface area (Å²) in [7, 11) is 0. The quantitative estimate of drug-likeness (QED) is 0.236. The molecule has 5 rings (SSSR count). The second-order valence-electron chi connectivity index (χ2n) is 14.0. The maximum atomic E-state index is 3.53. The van der Waals surface area contributed by atoms with E-state index in [1.54, 1.807) is 27.4 Å². The van der Waals surface area contributed by atoms with Gasteiger partial charge in [-0.3, -0.25) is 6.08 Å². The van der Waals surface area contributed by atoms with E-state index in [9.17, 15) is 0 Å². The van der Waals surface area contributed by atoms with Crippen LogP contribution in [0.15, 0.2) is 48.1 Å². The molecule has 0 aromatic heterocycles. The van der Waals surface area contributed by atoms with Gasteiger partial charge in [0.25, 0.3) is 0 Å². The van der Waals surface area contributed by atoms with Crippen LogP contribution in [0.4, 0.5) is 0 Å². The summed E-state index contributed by atoms with van der Waals surface area (Å²) >= 11 is 1.69. The molecule has 0 unspecified atom stereocenters. The van der Waals surface area contributed by atoms with E-state index in [1.807, 2.05) is 0 Å². The normalized spacial score (nSPS) is 16.7. The van der Waals surface area contributed by atoms with Crippen molar-refractivity contribution in [3.63, 3.8) is 0 Å². The number of hydrogen-bond acceptors (Lipinski definition) is 0. The molecule has 3 aliphatic rings. The molecule has 1 heteroatoms. The molecule has 0 bridgehead atoms. The third-order valence-electron chi connectivity index (χ3n) is 7.55. The van der Waals surface area contributed by atoms with E-state index in [0.29, 0.717) is 5.41 Å². The molecule has 1 saturated carbocycles. The van der Waals surface area contributed by atoms with Crippen LogP contribution in [0.1, 0.15) is 123 Å². The summed E-state index contributed by atoms with van der Waals surface area (Å²) in [6, 6.07) is 15.1. The van der Waals surface area contributed by atoms with Crippen LogP contribution in [0, 0.1) is 17.6 Å². The fourth-order valence-corrected chi connectivity index (χ4v) is 5.75. The monoisotopic (exact) mass is 570 g/mol. The molecule has 2 aromatic carbocycles. The predicted octanol–water partition coefficient (Wildman–Crippen LogP) is 10.0. The SMILES string of the molecule is CC(C)(C)C1=CC[C-]=C1.CC(C)(C)c1c[c-]c2c(c1)-c1cc(C(C)(C)C)ccc1C2.[Zr+2]=[C]1CCCCC1. The van der Waals surface area contributed by atoms with E-state index in [1.165, 1.54) is 71.1 Å². The second-order valence-corrected chi connectivity index (χ2v) is 15.7. The van der Waals surface area contributed by atoms with Crippen LogP contribution in [0.2, 0.25) is 0 Å². The van der Waals surface area contributed by atoms with E-state index in [-0.39, 0.29) is 10.8 Å². The van der Waals surface area contributed by atoms with E-state index < -0.39 is 0 Å². The van der Waals surface area contributed by atoms with Crippen LogP contribution in [0.5, 0.6) is 0 Å². The zero-order chi connectivity index (χ0) is 27.4. The second kappa shape index (κ2) is 12.2. The Hall–Kier alpha value is -1.33. The number of fused-ring (bicyclic) bond motifs is 3. The molecule has 0 N–H and O–H groups in total. The Morgan fingerprint density at radius 1 is 0.730 bits per heavy atom.